The molecule has 0 bridgehead atoms. The highest BCUT2D eigenvalue weighted by molar-refractivity contribution is 7.09. The molecule has 2 heterocycles. The lowest BCUT2D eigenvalue weighted by Crippen LogP contribution is -2.42. The lowest BCUT2D eigenvalue weighted by molar-refractivity contribution is -0.140. The van der Waals surface area contributed by atoms with E-state index >= 15 is 0 Å². The van der Waals surface area contributed by atoms with Gasteiger partial charge in [-0.05, 0) is 35.6 Å². The van der Waals surface area contributed by atoms with Gasteiger partial charge in [-0.1, -0.05) is 89.3 Å². The fourth-order valence-electron chi connectivity index (χ4n) is 4.85. The van der Waals surface area contributed by atoms with Crippen molar-refractivity contribution < 1.29 is 19.1 Å². The maximum absolute atomic E-state index is 13.5. The highest BCUT2D eigenvalue weighted by Crippen LogP contribution is 2.33. The van der Waals surface area contributed by atoms with E-state index in [2.05, 4.69) is 13.5 Å². The Morgan fingerprint density at radius 1 is 0.872 bits per heavy atom. The lowest BCUT2D eigenvalue weighted by atomic mass is 10.1. The molecule has 1 aliphatic heterocycles. The zero-order valence-corrected chi connectivity index (χ0v) is 24.5. The van der Waals surface area contributed by atoms with E-state index in [4.69, 9.17) is 9.47 Å². The number of ether oxygens (including phenoxy) is 2. The van der Waals surface area contributed by atoms with Gasteiger partial charge in [0.2, 0.25) is 18.6 Å². The predicted octanol–water partition coefficient (Wildman–Crippen LogP) is 7.72. The molecule has 0 radical (unpaired) electrons. The third-order valence-electron chi connectivity index (χ3n) is 7.11. The van der Waals surface area contributed by atoms with E-state index < -0.39 is 0 Å². The number of fused-ring (bicyclic) bond motifs is 1. The van der Waals surface area contributed by atoms with Gasteiger partial charge in [-0.3, -0.25) is 9.59 Å². The molecule has 1 aromatic heterocycles. The van der Waals surface area contributed by atoms with Crippen LogP contribution in [-0.4, -0.2) is 41.5 Å². The summed E-state index contributed by atoms with van der Waals surface area (Å²) in [6.45, 7) is 7.65. The number of thiophene rings is 1. The van der Waals surface area contributed by atoms with Gasteiger partial charge in [-0.25, -0.2) is 0 Å². The van der Waals surface area contributed by atoms with Gasteiger partial charge < -0.3 is 19.3 Å². The quantitative estimate of drug-likeness (QED) is 0.124. The molecule has 39 heavy (non-hydrogen) atoms. The molecule has 1 aromatic carbocycles. The number of unbranched alkanes of at least 4 members (excludes halogenated alkanes) is 10. The van der Waals surface area contributed by atoms with E-state index in [0.29, 0.717) is 31.8 Å². The van der Waals surface area contributed by atoms with Crippen LogP contribution in [0.25, 0.3) is 0 Å². The van der Waals surface area contributed by atoms with E-state index in [0.717, 1.165) is 29.0 Å². The van der Waals surface area contributed by atoms with Crippen LogP contribution in [0, 0.1) is 0 Å². The molecular formula is C32H46N2O4S. The number of hydrogen-bond acceptors (Lipinski definition) is 5. The van der Waals surface area contributed by atoms with Gasteiger partial charge in [-0.2, -0.15) is 0 Å². The summed E-state index contributed by atoms with van der Waals surface area (Å²) in [6, 6.07) is 9.79. The molecule has 2 aromatic rings. The van der Waals surface area contributed by atoms with Gasteiger partial charge in [0, 0.05) is 24.4 Å². The minimum Gasteiger partial charge on any atom is -0.454 e. The Balaban J connectivity index is 1.46. The molecule has 2 amide bonds. The van der Waals surface area contributed by atoms with Crippen LogP contribution >= 0.6 is 11.3 Å². The number of rotatable bonds is 20. The van der Waals surface area contributed by atoms with Crippen molar-refractivity contribution in [3.8, 4) is 11.5 Å². The smallest absolute Gasteiger partial charge is 0.242 e. The van der Waals surface area contributed by atoms with E-state index in [1.54, 1.807) is 22.3 Å². The number of nitrogens with zero attached hydrogens (tertiary/aromatic N) is 2. The Hall–Kier alpha value is -2.80. The Kier molecular flexibility index (Phi) is 14.0. The van der Waals surface area contributed by atoms with Crippen LogP contribution in [0.1, 0.15) is 94.4 Å². The molecule has 3 rings (SSSR count). The first-order valence-electron chi connectivity index (χ1n) is 14.7. The van der Waals surface area contributed by atoms with Crippen LogP contribution in [0.4, 0.5) is 0 Å². The van der Waals surface area contributed by atoms with Crippen molar-refractivity contribution in [2.24, 2.45) is 0 Å². The van der Waals surface area contributed by atoms with E-state index in [1.165, 1.54) is 57.8 Å². The fourth-order valence-corrected chi connectivity index (χ4v) is 5.57. The molecule has 0 saturated carbocycles. The van der Waals surface area contributed by atoms with Crippen molar-refractivity contribution in [1.82, 2.24) is 9.80 Å². The number of benzene rings is 1. The second kappa shape index (κ2) is 17.7. The van der Waals surface area contributed by atoms with E-state index in [1.807, 2.05) is 40.6 Å². The van der Waals surface area contributed by atoms with Crippen molar-refractivity contribution in [1.29, 1.82) is 0 Å². The Morgan fingerprint density at radius 2 is 1.56 bits per heavy atom. The molecule has 214 valence electrons. The topological polar surface area (TPSA) is 59.1 Å². The van der Waals surface area contributed by atoms with Gasteiger partial charge in [0.25, 0.3) is 0 Å². The average molecular weight is 555 g/mol. The highest BCUT2D eigenvalue weighted by atomic mass is 32.1. The van der Waals surface area contributed by atoms with E-state index in [9.17, 15) is 9.59 Å². The standard InChI is InChI=1S/C32H46N2O4S/c1-3-5-6-7-8-9-10-11-12-13-14-17-31(35)33(20-4-2)25-32(36)34(24-28-16-15-21-39-28)23-27-18-19-29-30(22-27)38-26-37-29/h4,15-16,18-19,21-22H,2-3,5-14,17,20,23-26H2,1H3. The molecule has 0 atom stereocenters. The van der Waals surface area contributed by atoms with Gasteiger partial charge in [-0.15, -0.1) is 17.9 Å². The lowest BCUT2D eigenvalue weighted by Gasteiger charge is -2.27. The third kappa shape index (κ3) is 11.1. The summed E-state index contributed by atoms with van der Waals surface area (Å²) in [7, 11) is 0. The molecule has 0 N–H and O–H groups in total. The maximum Gasteiger partial charge on any atom is 0.242 e. The molecule has 0 fully saturated rings. The summed E-state index contributed by atoms with van der Waals surface area (Å²) in [4.78, 5) is 31.1. The van der Waals surface area contributed by atoms with E-state index in [-0.39, 0.29) is 25.2 Å². The van der Waals surface area contributed by atoms with Gasteiger partial charge >= 0.3 is 0 Å². The maximum atomic E-state index is 13.5. The van der Waals surface area contributed by atoms with Crippen molar-refractivity contribution >= 4 is 23.2 Å². The summed E-state index contributed by atoms with van der Waals surface area (Å²) in [6.07, 6.45) is 15.9. The Bertz CT molecular complexity index is 1010. The van der Waals surface area contributed by atoms with Crippen LogP contribution < -0.4 is 9.47 Å². The highest BCUT2D eigenvalue weighted by Gasteiger charge is 2.22. The summed E-state index contributed by atoms with van der Waals surface area (Å²) >= 11 is 1.62. The normalized spacial score (nSPS) is 11.9. The van der Waals surface area contributed by atoms with Crippen LogP contribution in [0.3, 0.4) is 0 Å². The summed E-state index contributed by atoms with van der Waals surface area (Å²) < 4.78 is 10.9. The molecule has 6 nitrogen and oxygen atoms in total. The number of amides is 2. The molecule has 0 unspecified atom stereocenters. The van der Waals surface area contributed by atoms with Crippen LogP contribution in [0.15, 0.2) is 48.4 Å². The largest absolute Gasteiger partial charge is 0.454 e. The molecular weight excluding hydrogens is 508 g/mol. The van der Waals surface area contributed by atoms with Crippen molar-refractivity contribution in [2.45, 2.75) is 97.1 Å². The molecule has 1 aliphatic rings. The third-order valence-corrected chi connectivity index (χ3v) is 7.97. The Labute approximate surface area is 239 Å². The number of carbonyl (C=O) groups is 2. The zero-order chi connectivity index (χ0) is 27.7. The second-order valence-electron chi connectivity index (χ2n) is 10.4. The summed E-state index contributed by atoms with van der Waals surface area (Å²) in [5.74, 6) is 1.38. The minimum absolute atomic E-state index is 0.0262. The van der Waals surface area contributed by atoms with Gasteiger partial charge in [0.15, 0.2) is 11.5 Å². The SMILES string of the molecule is C=CCN(CC(=O)N(Cc1ccc2c(c1)OCO2)Cc1cccs1)C(=O)CCCCCCCCCCCCC. The van der Waals surface area contributed by atoms with Gasteiger partial charge in [0.1, 0.15) is 6.54 Å². The molecule has 0 aliphatic carbocycles. The summed E-state index contributed by atoms with van der Waals surface area (Å²) in [5.41, 5.74) is 0.965. The first-order chi connectivity index (χ1) is 19.1. The molecule has 0 spiro atoms. The minimum atomic E-state index is -0.0739. The Morgan fingerprint density at radius 3 is 2.23 bits per heavy atom. The zero-order valence-electron chi connectivity index (χ0n) is 23.7. The molecule has 7 heteroatoms. The van der Waals surface area contributed by atoms with Crippen molar-refractivity contribution in [3.05, 3.63) is 58.8 Å². The first-order valence-corrected chi connectivity index (χ1v) is 15.6. The second-order valence-corrected chi connectivity index (χ2v) is 11.4. The average Bonchev–Trinajstić information content (AvgIpc) is 3.63. The van der Waals surface area contributed by atoms with Crippen LogP contribution in [0.5, 0.6) is 11.5 Å². The number of carbonyl (C=O) groups excluding carboxylic acids is 2. The monoisotopic (exact) mass is 554 g/mol. The van der Waals surface area contributed by atoms with Crippen molar-refractivity contribution in [3.63, 3.8) is 0 Å². The first kappa shape index (κ1) is 30.7. The van der Waals surface area contributed by atoms with Crippen LogP contribution in [-0.2, 0) is 22.7 Å². The predicted molar refractivity (Wildman–Crippen MR) is 159 cm³/mol. The van der Waals surface area contributed by atoms with Gasteiger partial charge in [0.05, 0.1) is 6.54 Å². The van der Waals surface area contributed by atoms with Crippen molar-refractivity contribution in [2.75, 3.05) is 19.9 Å². The van der Waals surface area contributed by atoms with Crippen LogP contribution in [0.2, 0.25) is 0 Å². The molecule has 0 saturated heterocycles. The number of hydrogen-bond donors (Lipinski definition) is 0. The summed E-state index contributed by atoms with van der Waals surface area (Å²) in [5, 5.41) is 2.01. The fraction of sp³-hybridized carbons (Fsp3) is 0.562.